The molecule has 2 N–H and O–H groups in total. The van der Waals surface area contributed by atoms with Gasteiger partial charge in [0.1, 0.15) is 5.75 Å². The summed E-state index contributed by atoms with van der Waals surface area (Å²) in [7, 11) is -2.86. The second-order valence-electron chi connectivity index (χ2n) is 9.32. The standard InChI is InChI=1S/C24H29O5P/c1-23(2,3)19-13-16(14-20(22(19)26)24(4,5)6)12-18(17-10-8-7-9-11-17)21(25)15-29-30(27)28/h7-14H,15H2,1-6H3,(H-,25,26,27,28)/p+1. The number of carbonyl (C=O) groups excluding carboxylic acids is 1. The van der Waals surface area contributed by atoms with Gasteiger partial charge in [0.2, 0.25) is 0 Å². The first-order valence-corrected chi connectivity index (χ1v) is 10.9. The van der Waals surface area contributed by atoms with Gasteiger partial charge in [0.05, 0.1) is 0 Å². The van der Waals surface area contributed by atoms with Crippen molar-refractivity contribution in [1.29, 1.82) is 0 Å². The normalized spacial score (nSPS) is 13.3. The van der Waals surface area contributed by atoms with E-state index in [2.05, 4.69) is 4.52 Å². The van der Waals surface area contributed by atoms with E-state index in [-0.39, 0.29) is 16.6 Å². The molecule has 160 valence electrons. The minimum absolute atomic E-state index is 0.264. The molecule has 0 saturated carbocycles. The van der Waals surface area contributed by atoms with Crippen LogP contribution in [0.5, 0.6) is 5.75 Å². The number of phenols is 1. The molecule has 0 heterocycles. The van der Waals surface area contributed by atoms with Gasteiger partial charge >= 0.3 is 8.25 Å². The van der Waals surface area contributed by atoms with E-state index in [1.165, 1.54) is 0 Å². The van der Waals surface area contributed by atoms with Crippen LogP contribution in [0.4, 0.5) is 0 Å². The van der Waals surface area contributed by atoms with Crippen LogP contribution in [0, 0.1) is 0 Å². The van der Waals surface area contributed by atoms with Gasteiger partial charge in [-0.05, 0) is 40.2 Å². The van der Waals surface area contributed by atoms with E-state index in [0.29, 0.717) is 11.1 Å². The molecule has 0 radical (unpaired) electrons. The number of benzene rings is 2. The van der Waals surface area contributed by atoms with Crippen LogP contribution in [0.15, 0.2) is 42.5 Å². The summed E-state index contributed by atoms with van der Waals surface area (Å²) >= 11 is 0. The van der Waals surface area contributed by atoms with Crippen molar-refractivity contribution in [2.45, 2.75) is 52.4 Å². The van der Waals surface area contributed by atoms with Gasteiger partial charge in [-0.15, -0.1) is 9.42 Å². The Kier molecular flexibility index (Phi) is 7.36. The summed E-state index contributed by atoms with van der Waals surface area (Å²) in [5, 5.41) is 10.9. The van der Waals surface area contributed by atoms with Crippen molar-refractivity contribution >= 4 is 25.7 Å². The Balaban J connectivity index is 2.70. The Hall–Kier alpha value is -2.33. The van der Waals surface area contributed by atoms with Gasteiger partial charge in [-0.2, -0.15) is 0 Å². The van der Waals surface area contributed by atoms with Crippen LogP contribution in [-0.4, -0.2) is 22.4 Å². The maximum absolute atomic E-state index is 12.8. The second-order valence-corrected chi connectivity index (χ2v) is 10.1. The molecule has 0 aliphatic rings. The molecule has 0 aromatic heterocycles. The van der Waals surface area contributed by atoms with Gasteiger partial charge in [0.15, 0.2) is 12.4 Å². The first-order chi connectivity index (χ1) is 13.8. The van der Waals surface area contributed by atoms with Crippen molar-refractivity contribution in [3.05, 3.63) is 64.7 Å². The van der Waals surface area contributed by atoms with E-state index >= 15 is 0 Å². The lowest BCUT2D eigenvalue weighted by Gasteiger charge is -2.28. The number of ketones is 1. The fourth-order valence-electron chi connectivity index (χ4n) is 3.18. The summed E-state index contributed by atoms with van der Waals surface area (Å²) in [5.74, 6) is -0.137. The van der Waals surface area contributed by atoms with E-state index in [1.54, 1.807) is 18.2 Å². The molecule has 5 nitrogen and oxygen atoms in total. The van der Waals surface area contributed by atoms with Gasteiger partial charge in [-0.25, -0.2) is 0 Å². The maximum atomic E-state index is 12.8. The summed E-state index contributed by atoms with van der Waals surface area (Å²) in [6.45, 7) is 11.7. The molecule has 0 saturated heterocycles. The number of rotatable bonds is 6. The summed E-state index contributed by atoms with van der Waals surface area (Å²) in [6, 6.07) is 12.9. The van der Waals surface area contributed by atoms with Crippen molar-refractivity contribution in [2.24, 2.45) is 0 Å². The number of aromatic hydroxyl groups is 1. The zero-order chi connectivity index (χ0) is 22.7. The number of hydrogen-bond acceptors (Lipinski definition) is 4. The van der Waals surface area contributed by atoms with E-state index < -0.39 is 20.6 Å². The second kappa shape index (κ2) is 9.22. The number of carbonyl (C=O) groups is 1. The Labute approximate surface area is 179 Å². The lowest BCUT2D eigenvalue weighted by molar-refractivity contribution is -0.115. The molecule has 0 bridgehead atoms. The first-order valence-electron chi connectivity index (χ1n) is 9.78. The molecule has 6 heteroatoms. The zero-order valence-corrected chi connectivity index (χ0v) is 19.3. The van der Waals surface area contributed by atoms with Crippen molar-refractivity contribution in [1.82, 2.24) is 0 Å². The number of Topliss-reactive ketones (excluding diaryl/α,β-unsaturated/α-hetero) is 1. The van der Waals surface area contributed by atoms with Crippen LogP contribution in [0.2, 0.25) is 0 Å². The molecule has 1 atom stereocenters. The third-order valence-electron chi connectivity index (χ3n) is 4.75. The summed E-state index contributed by atoms with van der Waals surface area (Å²) in [4.78, 5) is 21.7. The third-order valence-corrected chi connectivity index (χ3v) is 5.10. The Morgan fingerprint density at radius 3 is 1.93 bits per heavy atom. The highest BCUT2D eigenvalue weighted by molar-refractivity contribution is 7.32. The molecule has 0 aliphatic carbocycles. The first kappa shape index (κ1) is 23.9. The fourth-order valence-corrected chi connectivity index (χ4v) is 3.41. The molecule has 30 heavy (non-hydrogen) atoms. The Morgan fingerprint density at radius 2 is 1.50 bits per heavy atom. The molecular formula is C24H30O5P+. The lowest BCUT2D eigenvalue weighted by Crippen LogP contribution is -2.17. The third kappa shape index (κ3) is 6.09. The minimum Gasteiger partial charge on any atom is -0.507 e. The fraction of sp³-hybridized carbons (Fsp3) is 0.375. The van der Waals surface area contributed by atoms with Gasteiger partial charge in [-0.1, -0.05) is 71.9 Å². The monoisotopic (exact) mass is 429 g/mol. The molecule has 2 rings (SSSR count). The van der Waals surface area contributed by atoms with Gasteiger partial charge in [0.25, 0.3) is 0 Å². The van der Waals surface area contributed by atoms with Gasteiger partial charge < -0.3 is 5.11 Å². The van der Waals surface area contributed by atoms with Crippen LogP contribution in [0.3, 0.4) is 0 Å². The summed E-state index contributed by atoms with van der Waals surface area (Å²) < 4.78 is 15.5. The molecule has 0 aliphatic heterocycles. The summed E-state index contributed by atoms with van der Waals surface area (Å²) in [6.07, 6.45) is 1.75. The van der Waals surface area contributed by atoms with Gasteiger partial charge in [-0.3, -0.25) is 4.79 Å². The van der Waals surface area contributed by atoms with E-state index in [9.17, 15) is 14.5 Å². The lowest BCUT2D eigenvalue weighted by atomic mass is 9.78. The largest absolute Gasteiger partial charge is 0.695 e. The molecule has 2 aromatic carbocycles. The molecule has 1 unspecified atom stereocenters. The van der Waals surface area contributed by atoms with Crippen molar-refractivity contribution in [3.8, 4) is 5.75 Å². The average molecular weight is 429 g/mol. The van der Waals surface area contributed by atoms with Gasteiger partial charge in [0, 0.05) is 21.3 Å². The highest BCUT2D eigenvalue weighted by Gasteiger charge is 2.27. The van der Waals surface area contributed by atoms with Crippen molar-refractivity contribution in [2.75, 3.05) is 6.61 Å². The van der Waals surface area contributed by atoms with Crippen LogP contribution in [0.25, 0.3) is 11.6 Å². The minimum atomic E-state index is -2.86. The highest BCUT2D eigenvalue weighted by Crippen LogP contribution is 2.40. The van der Waals surface area contributed by atoms with E-state index in [4.69, 9.17) is 4.89 Å². The Bertz CT molecular complexity index is 928. The molecular weight excluding hydrogens is 399 g/mol. The molecule has 0 amide bonds. The average Bonchev–Trinajstić information content (AvgIpc) is 2.64. The predicted octanol–water partition coefficient (Wildman–Crippen LogP) is 5.76. The Morgan fingerprint density at radius 1 is 1.00 bits per heavy atom. The maximum Gasteiger partial charge on any atom is 0.695 e. The highest BCUT2D eigenvalue weighted by atomic mass is 31.1. The number of phenolic OH excluding ortho intramolecular Hbond substituents is 1. The van der Waals surface area contributed by atoms with E-state index in [0.717, 1.165) is 16.7 Å². The smallest absolute Gasteiger partial charge is 0.507 e. The topological polar surface area (TPSA) is 83.8 Å². The molecule has 0 spiro atoms. The van der Waals surface area contributed by atoms with Crippen LogP contribution in [0.1, 0.15) is 63.8 Å². The van der Waals surface area contributed by atoms with Crippen molar-refractivity contribution in [3.63, 3.8) is 0 Å². The van der Waals surface area contributed by atoms with E-state index in [1.807, 2.05) is 71.9 Å². The SMILES string of the molecule is CC(C)(C)c1cc(C=C(C(=O)CO[P+](=O)O)c2ccccc2)cc(C(C)(C)C)c1O. The van der Waals surface area contributed by atoms with Crippen molar-refractivity contribution < 1.29 is 23.9 Å². The number of hydrogen-bond donors (Lipinski definition) is 2. The molecule has 0 fully saturated rings. The zero-order valence-electron chi connectivity index (χ0n) is 18.4. The van der Waals surface area contributed by atoms with Crippen LogP contribution < -0.4 is 0 Å². The summed E-state index contributed by atoms with van der Waals surface area (Å²) in [5.41, 5.74) is 2.79. The quantitative estimate of drug-likeness (QED) is 0.346. The van der Waals surface area contributed by atoms with Crippen LogP contribution in [-0.2, 0) is 24.7 Å². The molecule has 2 aromatic rings. The van der Waals surface area contributed by atoms with Crippen LogP contribution >= 0.6 is 8.25 Å². The predicted molar refractivity (Wildman–Crippen MR) is 121 cm³/mol.